The summed E-state index contributed by atoms with van der Waals surface area (Å²) in [5.41, 5.74) is 2.74. The molecule has 6 nitrogen and oxygen atoms in total. The number of thioether (sulfide) groups is 1. The molecular weight excluding hydrogens is 440 g/mol. The van der Waals surface area contributed by atoms with Gasteiger partial charge in [-0.05, 0) is 24.3 Å². The Morgan fingerprint density at radius 1 is 1.32 bits per heavy atom. The summed E-state index contributed by atoms with van der Waals surface area (Å²) < 4.78 is 6.31. The third-order valence-corrected chi connectivity index (χ3v) is 6.18. The Morgan fingerprint density at radius 2 is 2.14 bits per heavy atom. The number of hydrazone groups is 1. The smallest absolute Gasteiger partial charge is 0.255 e. The molecule has 8 heteroatoms. The minimum absolute atomic E-state index is 0.0977. The van der Waals surface area contributed by atoms with Crippen molar-refractivity contribution in [2.45, 2.75) is 12.2 Å². The zero-order chi connectivity index (χ0) is 19.7. The fourth-order valence-electron chi connectivity index (χ4n) is 3.33. The molecule has 2 heterocycles. The van der Waals surface area contributed by atoms with Crippen molar-refractivity contribution in [1.29, 1.82) is 0 Å². The summed E-state index contributed by atoms with van der Waals surface area (Å²) in [7, 11) is 1.63. The molecule has 0 radical (unpaired) electrons. The van der Waals surface area contributed by atoms with E-state index in [-0.39, 0.29) is 12.1 Å². The molecule has 2 aliphatic heterocycles. The van der Waals surface area contributed by atoms with E-state index < -0.39 is 6.04 Å². The molecule has 0 aliphatic carbocycles. The van der Waals surface area contributed by atoms with Gasteiger partial charge in [-0.25, -0.2) is 0 Å². The van der Waals surface area contributed by atoms with Crippen molar-refractivity contribution in [3.8, 4) is 5.75 Å². The van der Waals surface area contributed by atoms with Crippen LogP contribution in [-0.4, -0.2) is 28.9 Å². The quantitative estimate of drug-likeness (QED) is 0.670. The van der Waals surface area contributed by atoms with Gasteiger partial charge in [-0.15, -0.1) is 11.7 Å². The number of benzene rings is 2. The number of rotatable bonds is 4. The van der Waals surface area contributed by atoms with Crippen LogP contribution in [0.4, 0.5) is 5.69 Å². The van der Waals surface area contributed by atoms with Crippen LogP contribution < -0.4 is 15.4 Å². The van der Waals surface area contributed by atoms with Gasteiger partial charge in [-0.3, -0.25) is 9.80 Å². The molecule has 4 rings (SSSR count). The second-order valence-electron chi connectivity index (χ2n) is 6.30. The Hall–Kier alpha value is -2.45. The van der Waals surface area contributed by atoms with Crippen LogP contribution in [-0.2, 0) is 4.79 Å². The minimum Gasteiger partial charge on any atom is -0.497 e. The molecule has 2 unspecified atom stereocenters. The largest absolute Gasteiger partial charge is 0.497 e. The molecule has 2 aromatic carbocycles. The molecule has 2 aromatic rings. The lowest BCUT2D eigenvalue weighted by atomic mass is 9.97. The van der Waals surface area contributed by atoms with Crippen molar-refractivity contribution in [3.05, 3.63) is 70.7 Å². The maximum atomic E-state index is 13.0. The van der Waals surface area contributed by atoms with Gasteiger partial charge in [-0.2, -0.15) is 0 Å². The summed E-state index contributed by atoms with van der Waals surface area (Å²) in [4.78, 5) is 13.0. The number of anilines is 1. The summed E-state index contributed by atoms with van der Waals surface area (Å²) in [6.07, 6.45) is 1.44. The SMILES string of the molecule is C=CCSC1=NN2C(c3cc(OC)ccc3Br)Nc3ccccc3C2C(=O)N1. The Balaban J connectivity index is 1.84. The van der Waals surface area contributed by atoms with E-state index in [0.717, 1.165) is 27.0 Å². The van der Waals surface area contributed by atoms with Gasteiger partial charge in [0.2, 0.25) is 0 Å². The van der Waals surface area contributed by atoms with Gasteiger partial charge in [0.1, 0.15) is 11.9 Å². The minimum atomic E-state index is -0.520. The number of fused-ring (bicyclic) bond motifs is 3. The van der Waals surface area contributed by atoms with E-state index in [1.165, 1.54) is 11.8 Å². The average molecular weight is 459 g/mol. The zero-order valence-electron chi connectivity index (χ0n) is 15.2. The second kappa shape index (κ2) is 7.89. The van der Waals surface area contributed by atoms with Crippen LogP contribution in [0.25, 0.3) is 0 Å². The van der Waals surface area contributed by atoms with Crippen molar-refractivity contribution >= 4 is 44.5 Å². The van der Waals surface area contributed by atoms with Gasteiger partial charge in [0.05, 0.1) is 7.11 Å². The average Bonchev–Trinajstić information content (AvgIpc) is 2.72. The van der Waals surface area contributed by atoms with Gasteiger partial charge in [0.25, 0.3) is 5.91 Å². The number of carbonyl (C=O) groups is 1. The lowest BCUT2D eigenvalue weighted by molar-refractivity contribution is -0.127. The van der Waals surface area contributed by atoms with Gasteiger partial charge in [0, 0.05) is 27.0 Å². The highest BCUT2D eigenvalue weighted by Crippen LogP contribution is 2.44. The van der Waals surface area contributed by atoms with E-state index in [2.05, 4.69) is 33.1 Å². The number of hydrogen-bond donors (Lipinski definition) is 2. The van der Waals surface area contributed by atoms with E-state index in [1.54, 1.807) is 13.2 Å². The summed E-state index contributed by atoms with van der Waals surface area (Å²) >= 11 is 5.08. The molecule has 144 valence electrons. The predicted octanol–water partition coefficient (Wildman–Crippen LogP) is 4.25. The molecule has 28 heavy (non-hydrogen) atoms. The number of ether oxygens (including phenoxy) is 1. The third kappa shape index (κ3) is 3.38. The molecule has 0 spiro atoms. The number of amidine groups is 1. The first-order valence-electron chi connectivity index (χ1n) is 8.72. The first-order valence-corrected chi connectivity index (χ1v) is 10.5. The molecule has 0 bridgehead atoms. The third-order valence-electron chi connectivity index (χ3n) is 4.60. The second-order valence-corrected chi connectivity index (χ2v) is 8.16. The summed E-state index contributed by atoms with van der Waals surface area (Å²) in [5, 5.41) is 13.6. The van der Waals surface area contributed by atoms with Crippen LogP contribution in [0.2, 0.25) is 0 Å². The highest BCUT2D eigenvalue weighted by atomic mass is 79.9. The molecule has 0 aromatic heterocycles. The van der Waals surface area contributed by atoms with Crippen LogP contribution in [0.5, 0.6) is 5.75 Å². The molecule has 2 N–H and O–H groups in total. The summed E-state index contributed by atoms with van der Waals surface area (Å²) in [6, 6.07) is 13.1. The highest BCUT2D eigenvalue weighted by molar-refractivity contribution is 9.10. The van der Waals surface area contributed by atoms with Crippen LogP contribution in [0.3, 0.4) is 0 Å². The first kappa shape index (κ1) is 18.9. The van der Waals surface area contributed by atoms with Gasteiger partial charge < -0.3 is 15.4 Å². The van der Waals surface area contributed by atoms with E-state index >= 15 is 0 Å². The van der Waals surface area contributed by atoms with Crippen LogP contribution in [0.15, 0.2) is 64.7 Å². The Bertz CT molecular complexity index is 965. The monoisotopic (exact) mass is 458 g/mol. The fourth-order valence-corrected chi connectivity index (χ4v) is 4.40. The number of hydrogen-bond acceptors (Lipinski definition) is 6. The van der Waals surface area contributed by atoms with E-state index in [0.29, 0.717) is 10.9 Å². The van der Waals surface area contributed by atoms with Crippen LogP contribution in [0.1, 0.15) is 23.3 Å². The first-order chi connectivity index (χ1) is 13.6. The summed E-state index contributed by atoms with van der Waals surface area (Å²) in [5.74, 6) is 1.30. The summed E-state index contributed by atoms with van der Waals surface area (Å²) in [6.45, 7) is 3.73. The maximum Gasteiger partial charge on any atom is 0.255 e. The van der Waals surface area contributed by atoms with Gasteiger partial charge in [-0.1, -0.05) is 52.0 Å². The molecule has 0 saturated carbocycles. The topological polar surface area (TPSA) is 66.0 Å². The van der Waals surface area contributed by atoms with Crippen molar-refractivity contribution in [3.63, 3.8) is 0 Å². The van der Waals surface area contributed by atoms with Crippen molar-refractivity contribution in [2.75, 3.05) is 18.2 Å². The number of amides is 1. The molecule has 2 atom stereocenters. The molecule has 2 aliphatic rings. The number of carbonyl (C=O) groups excluding carboxylic acids is 1. The Kier molecular flexibility index (Phi) is 5.32. The highest BCUT2D eigenvalue weighted by Gasteiger charge is 2.42. The molecule has 0 saturated heterocycles. The molecule has 1 amide bonds. The van der Waals surface area contributed by atoms with Crippen LogP contribution >= 0.6 is 27.7 Å². The number of para-hydroxylation sites is 1. The Morgan fingerprint density at radius 3 is 2.93 bits per heavy atom. The fraction of sp³-hybridized carbons (Fsp3) is 0.200. The lowest BCUT2D eigenvalue weighted by Crippen LogP contribution is -2.51. The molecular formula is C20H19BrN4O2S. The Labute approximate surface area is 176 Å². The van der Waals surface area contributed by atoms with Crippen LogP contribution in [0, 0.1) is 0 Å². The number of nitrogens with one attached hydrogen (secondary N) is 2. The number of methoxy groups -OCH3 is 1. The van der Waals surface area contributed by atoms with E-state index in [4.69, 9.17) is 9.84 Å². The van der Waals surface area contributed by atoms with Gasteiger partial charge >= 0.3 is 0 Å². The van der Waals surface area contributed by atoms with Crippen molar-refractivity contribution < 1.29 is 9.53 Å². The van der Waals surface area contributed by atoms with E-state index in [1.807, 2.05) is 47.5 Å². The normalized spacial score (nSPS) is 20.3. The van der Waals surface area contributed by atoms with Crippen molar-refractivity contribution in [1.82, 2.24) is 10.3 Å². The number of nitrogens with zero attached hydrogens (tertiary/aromatic N) is 2. The number of halogens is 1. The zero-order valence-corrected chi connectivity index (χ0v) is 17.6. The molecule has 0 fully saturated rings. The standard InChI is InChI=1S/C20H19BrN4O2S/c1-3-10-28-20-23-19(26)17-13-6-4-5-7-16(13)22-18(25(17)24-20)14-11-12(27-2)8-9-15(14)21/h3-9,11,17-18,22H,1,10H2,2H3,(H,23,24,26). The van der Waals surface area contributed by atoms with E-state index in [9.17, 15) is 4.79 Å². The van der Waals surface area contributed by atoms with Crippen molar-refractivity contribution in [2.24, 2.45) is 5.10 Å². The predicted molar refractivity (Wildman–Crippen MR) is 116 cm³/mol. The van der Waals surface area contributed by atoms with Gasteiger partial charge in [0.15, 0.2) is 11.2 Å². The lowest BCUT2D eigenvalue weighted by Gasteiger charge is -2.44. The maximum absolute atomic E-state index is 13.0.